The quantitative estimate of drug-likeness (QED) is 0.789. The highest BCUT2D eigenvalue weighted by Crippen LogP contribution is 2.30. The van der Waals surface area contributed by atoms with Crippen LogP contribution in [0.15, 0.2) is 18.2 Å². The van der Waals surface area contributed by atoms with Gasteiger partial charge in [-0.3, -0.25) is 9.59 Å². The normalized spacial score (nSPS) is 21.1. The Bertz CT molecular complexity index is 597. The fourth-order valence-electron chi connectivity index (χ4n) is 3.02. The lowest BCUT2D eigenvalue weighted by molar-refractivity contribution is -0.142. The largest absolute Gasteiger partial charge is 0.492 e. The van der Waals surface area contributed by atoms with Crippen LogP contribution in [0, 0.1) is 5.92 Å². The summed E-state index contributed by atoms with van der Waals surface area (Å²) in [7, 11) is 0. The summed E-state index contributed by atoms with van der Waals surface area (Å²) in [6, 6.07) is 5.51. The van der Waals surface area contributed by atoms with Crippen LogP contribution in [0.2, 0.25) is 5.02 Å². The van der Waals surface area contributed by atoms with Crippen LogP contribution in [0.1, 0.15) is 12.5 Å². The molecule has 1 unspecified atom stereocenters. The predicted molar refractivity (Wildman–Crippen MR) is 83.0 cm³/mol. The minimum absolute atomic E-state index is 0.0664. The van der Waals surface area contributed by atoms with Gasteiger partial charge in [-0.25, -0.2) is 0 Å². The van der Waals surface area contributed by atoms with Crippen molar-refractivity contribution in [1.29, 1.82) is 0 Å². The Morgan fingerprint density at radius 1 is 1.18 bits per heavy atom. The molecule has 0 aliphatic carbocycles. The smallest absolute Gasteiger partial charge is 0.229 e. The monoisotopic (exact) mass is 322 g/mol. The van der Waals surface area contributed by atoms with Crippen molar-refractivity contribution in [1.82, 2.24) is 9.80 Å². The van der Waals surface area contributed by atoms with E-state index in [1.165, 1.54) is 0 Å². The van der Waals surface area contributed by atoms with E-state index in [9.17, 15) is 9.59 Å². The molecule has 1 atom stereocenters. The van der Waals surface area contributed by atoms with Crippen molar-refractivity contribution in [3.63, 3.8) is 0 Å². The second kappa shape index (κ2) is 6.16. The fourth-order valence-corrected chi connectivity index (χ4v) is 3.22. The van der Waals surface area contributed by atoms with E-state index in [2.05, 4.69) is 0 Å². The molecule has 22 heavy (non-hydrogen) atoms. The van der Waals surface area contributed by atoms with Crippen molar-refractivity contribution >= 4 is 23.4 Å². The summed E-state index contributed by atoms with van der Waals surface area (Å²) in [5.74, 6) is 0.815. The van der Waals surface area contributed by atoms with Gasteiger partial charge in [-0.2, -0.15) is 0 Å². The third-order valence-corrected chi connectivity index (χ3v) is 4.55. The summed E-state index contributed by atoms with van der Waals surface area (Å²) in [6.07, 6.45) is 0.654. The van der Waals surface area contributed by atoms with Gasteiger partial charge < -0.3 is 14.5 Å². The second-order valence-corrected chi connectivity index (χ2v) is 6.23. The zero-order chi connectivity index (χ0) is 15.7. The lowest BCUT2D eigenvalue weighted by Gasteiger charge is -2.37. The van der Waals surface area contributed by atoms with Crippen LogP contribution < -0.4 is 4.74 Å². The molecule has 0 saturated carbocycles. The van der Waals surface area contributed by atoms with Crippen LogP contribution in [0.5, 0.6) is 5.75 Å². The lowest BCUT2D eigenvalue weighted by Crippen LogP contribution is -2.52. The summed E-state index contributed by atoms with van der Waals surface area (Å²) in [6.45, 7) is 4.37. The van der Waals surface area contributed by atoms with E-state index in [0.29, 0.717) is 44.2 Å². The molecule has 0 spiro atoms. The molecule has 0 N–H and O–H groups in total. The molecule has 0 bridgehead atoms. The Hall–Kier alpha value is -1.75. The van der Waals surface area contributed by atoms with Crippen molar-refractivity contribution in [2.24, 2.45) is 5.92 Å². The maximum Gasteiger partial charge on any atom is 0.229 e. The molecule has 1 aromatic carbocycles. The molecule has 0 radical (unpaired) electrons. The van der Waals surface area contributed by atoms with Gasteiger partial charge in [-0.05, 0) is 30.2 Å². The number of hydrogen-bond donors (Lipinski definition) is 0. The molecule has 5 nitrogen and oxygen atoms in total. The zero-order valence-corrected chi connectivity index (χ0v) is 13.3. The highest BCUT2D eigenvalue weighted by molar-refractivity contribution is 6.30. The first kappa shape index (κ1) is 15.2. The number of nitrogens with zero attached hydrogens (tertiary/aromatic N) is 2. The van der Waals surface area contributed by atoms with Crippen molar-refractivity contribution < 1.29 is 14.3 Å². The minimum Gasteiger partial charge on any atom is -0.492 e. The molecule has 118 valence electrons. The number of rotatable bonds is 1. The van der Waals surface area contributed by atoms with Crippen LogP contribution in [-0.4, -0.2) is 54.4 Å². The van der Waals surface area contributed by atoms with E-state index < -0.39 is 0 Å². The highest BCUT2D eigenvalue weighted by atomic mass is 35.5. The van der Waals surface area contributed by atoms with E-state index in [-0.39, 0.29) is 17.7 Å². The van der Waals surface area contributed by atoms with Gasteiger partial charge in [-0.15, -0.1) is 0 Å². The molecular formula is C16H19ClN2O3. The molecule has 2 aliphatic rings. The molecule has 2 heterocycles. The summed E-state index contributed by atoms with van der Waals surface area (Å²) in [5, 5.41) is 0.658. The van der Waals surface area contributed by atoms with E-state index in [1.807, 2.05) is 17.0 Å². The van der Waals surface area contributed by atoms with Gasteiger partial charge in [0.05, 0.1) is 5.92 Å². The number of benzene rings is 1. The second-order valence-electron chi connectivity index (χ2n) is 5.80. The number of amides is 2. The van der Waals surface area contributed by atoms with Crippen LogP contribution >= 0.6 is 11.6 Å². The number of piperazine rings is 1. The van der Waals surface area contributed by atoms with Gasteiger partial charge in [0.2, 0.25) is 11.8 Å². The molecule has 2 amide bonds. The Labute approximate surface area is 134 Å². The average molecular weight is 323 g/mol. The van der Waals surface area contributed by atoms with Gasteiger partial charge in [0.25, 0.3) is 0 Å². The first-order valence-corrected chi connectivity index (χ1v) is 7.88. The predicted octanol–water partition coefficient (Wildman–Crippen LogP) is 1.58. The molecular weight excluding hydrogens is 304 g/mol. The molecule has 0 aromatic heterocycles. The summed E-state index contributed by atoms with van der Waals surface area (Å²) >= 11 is 6.01. The average Bonchev–Trinajstić information content (AvgIpc) is 2.53. The van der Waals surface area contributed by atoms with Gasteiger partial charge in [0.1, 0.15) is 12.4 Å². The van der Waals surface area contributed by atoms with Gasteiger partial charge >= 0.3 is 0 Å². The van der Waals surface area contributed by atoms with Gasteiger partial charge in [0.15, 0.2) is 0 Å². The minimum atomic E-state index is -0.171. The van der Waals surface area contributed by atoms with E-state index in [4.69, 9.17) is 16.3 Å². The standard InChI is InChI=1S/C16H19ClN2O3/c1-11(20)18-4-6-19(7-5-18)16(21)13-8-12-9-14(17)2-3-15(12)22-10-13/h2-3,9,13H,4-8,10H2,1H3. The van der Waals surface area contributed by atoms with Crippen LogP contribution in [0.4, 0.5) is 0 Å². The molecule has 3 rings (SSSR count). The topological polar surface area (TPSA) is 49.9 Å². The Kier molecular flexibility index (Phi) is 4.25. The SMILES string of the molecule is CC(=O)N1CCN(C(=O)C2COc3ccc(Cl)cc3C2)CC1. The summed E-state index contributed by atoms with van der Waals surface area (Å²) in [5.41, 5.74) is 0.986. The highest BCUT2D eigenvalue weighted by Gasteiger charge is 2.31. The van der Waals surface area contributed by atoms with Gasteiger partial charge in [-0.1, -0.05) is 11.6 Å². The maximum absolute atomic E-state index is 12.6. The number of hydrogen-bond acceptors (Lipinski definition) is 3. The number of ether oxygens (including phenoxy) is 1. The first-order valence-electron chi connectivity index (χ1n) is 7.50. The van der Waals surface area contributed by atoms with Crippen LogP contribution in [-0.2, 0) is 16.0 Å². The fraction of sp³-hybridized carbons (Fsp3) is 0.500. The van der Waals surface area contributed by atoms with E-state index in [0.717, 1.165) is 11.3 Å². The Balaban J connectivity index is 1.63. The molecule has 1 fully saturated rings. The molecule has 1 aromatic rings. The van der Waals surface area contributed by atoms with Crippen LogP contribution in [0.25, 0.3) is 0 Å². The number of carbonyl (C=O) groups is 2. The zero-order valence-electron chi connectivity index (χ0n) is 12.5. The molecule has 6 heteroatoms. The number of halogens is 1. The Morgan fingerprint density at radius 2 is 1.86 bits per heavy atom. The van der Waals surface area contributed by atoms with E-state index >= 15 is 0 Å². The van der Waals surface area contributed by atoms with Crippen molar-refractivity contribution in [3.8, 4) is 5.75 Å². The van der Waals surface area contributed by atoms with Crippen LogP contribution in [0.3, 0.4) is 0 Å². The van der Waals surface area contributed by atoms with Crippen molar-refractivity contribution in [2.45, 2.75) is 13.3 Å². The maximum atomic E-state index is 12.6. The third kappa shape index (κ3) is 3.04. The third-order valence-electron chi connectivity index (χ3n) is 4.31. The molecule has 1 saturated heterocycles. The number of carbonyl (C=O) groups excluding carboxylic acids is 2. The first-order chi connectivity index (χ1) is 10.5. The molecule has 2 aliphatic heterocycles. The number of fused-ring (bicyclic) bond motifs is 1. The lowest BCUT2D eigenvalue weighted by atomic mass is 9.95. The summed E-state index contributed by atoms with van der Waals surface area (Å²) < 4.78 is 5.69. The van der Waals surface area contributed by atoms with Crippen molar-refractivity contribution in [3.05, 3.63) is 28.8 Å². The van der Waals surface area contributed by atoms with E-state index in [1.54, 1.807) is 17.9 Å². The summed E-state index contributed by atoms with van der Waals surface area (Å²) in [4.78, 5) is 27.6. The van der Waals surface area contributed by atoms with Crippen molar-refractivity contribution in [2.75, 3.05) is 32.8 Å². The Morgan fingerprint density at radius 3 is 2.55 bits per heavy atom. The van der Waals surface area contributed by atoms with Gasteiger partial charge in [0, 0.05) is 38.1 Å².